The van der Waals surface area contributed by atoms with Crippen molar-refractivity contribution >= 4 is 28.8 Å². The van der Waals surface area contributed by atoms with E-state index in [-0.39, 0.29) is 17.8 Å². The molecule has 1 aliphatic rings. The van der Waals surface area contributed by atoms with Crippen molar-refractivity contribution in [1.82, 2.24) is 19.6 Å². The third-order valence-corrected chi connectivity index (χ3v) is 5.55. The third kappa shape index (κ3) is 3.67. The van der Waals surface area contributed by atoms with Gasteiger partial charge in [0.1, 0.15) is 6.33 Å². The number of rotatable bonds is 4. The van der Waals surface area contributed by atoms with Crippen LogP contribution in [0.15, 0.2) is 88.7 Å². The van der Waals surface area contributed by atoms with Crippen molar-refractivity contribution in [3.05, 3.63) is 95.9 Å². The minimum absolute atomic E-state index is 0.0138. The summed E-state index contributed by atoms with van der Waals surface area (Å²) in [5, 5.41) is 23.2. The molecule has 1 aliphatic heterocycles. The molecule has 2 aromatic carbocycles. The predicted octanol–water partition coefficient (Wildman–Crippen LogP) is 3.48. The number of nitrogens with one attached hydrogen (secondary N) is 2. The Hall–Kier alpha value is -5.30. The minimum Gasteiger partial charge on any atom is -0.402 e. The number of benzene rings is 2. The van der Waals surface area contributed by atoms with Crippen LogP contribution in [-0.2, 0) is 4.79 Å². The quantitative estimate of drug-likeness (QED) is 0.419. The maximum Gasteiger partial charge on any atom is 0.317 e. The van der Waals surface area contributed by atoms with Gasteiger partial charge in [-0.25, -0.2) is 9.98 Å². The van der Waals surface area contributed by atoms with Gasteiger partial charge in [-0.1, -0.05) is 53.6 Å². The molecule has 0 bridgehead atoms. The van der Waals surface area contributed by atoms with Gasteiger partial charge in [-0.05, 0) is 18.2 Å². The topological polar surface area (TPSA) is 134 Å². The first-order valence-electron chi connectivity index (χ1n) is 10.7. The van der Waals surface area contributed by atoms with E-state index in [1.54, 1.807) is 29.1 Å². The van der Waals surface area contributed by atoms with Crippen LogP contribution in [0.5, 0.6) is 0 Å². The van der Waals surface area contributed by atoms with E-state index in [1.807, 2.05) is 54.6 Å². The number of carbonyl (C=O) groups excluding carboxylic acids is 1. The molecule has 2 N–H and O–H groups in total. The van der Waals surface area contributed by atoms with Gasteiger partial charge in [0.2, 0.25) is 6.17 Å². The van der Waals surface area contributed by atoms with E-state index in [1.165, 1.54) is 0 Å². The lowest BCUT2D eigenvalue weighted by Gasteiger charge is -2.11. The Morgan fingerprint density at radius 2 is 1.89 bits per heavy atom. The molecule has 1 atom stereocenters. The number of nitriles is 1. The molecule has 6 rings (SSSR count). The number of carbonyl (C=O) groups is 1. The summed E-state index contributed by atoms with van der Waals surface area (Å²) in [5.74, 6) is -0.219. The Bertz CT molecular complexity index is 1650. The summed E-state index contributed by atoms with van der Waals surface area (Å²) in [5.41, 5.74) is 4.54. The lowest BCUT2D eigenvalue weighted by Crippen LogP contribution is -2.32. The Morgan fingerprint density at radius 1 is 1.06 bits per heavy atom. The number of nitrogens with zero attached hydrogens (tertiary/aromatic N) is 6. The highest BCUT2D eigenvalue weighted by molar-refractivity contribution is 6.19. The standard InChI is InChI=1S/C25H16N8O2/c26-13-15-10-11-33-14-27-21(19(33)12-15)24-31-32-25(35-24)30-22-23(34)28-18-9-5-4-8-17(18)20(29-22)16-6-2-1-3-7-16/h1-12,14,22H,(H,28,34)(H,30,32)/t22-/m1/s1. The number of anilines is 2. The van der Waals surface area contributed by atoms with Crippen molar-refractivity contribution in [2.24, 2.45) is 4.99 Å². The van der Waals surface area contributed by atoms with Gasteiger partial charge >= 0.3 is 6.01 Å². The average Bonchev–Trinajstić information content (AvgIpc) is 3.50. The molecule has 0 saturated carbocycles. The van der Waals surface area contributed by atoms with Gasteiger partial charge in [-0.2, -0.15) is 5.26 Å². The molecule has 0 fully saturated rings. The fourth-order valence-electron chi connectivity index (χ4n) is 3.90. The number of amides is 1. The second-order valence-electron chi connectivity index (χ2n) is 7.75. The number of fused-ring (bicyclic) bond motifs is 2. The lowest BCUT2D eigenvalue weighted by atomic mass is 10.0. The fraction of sp³-hybridized carbons (Fsp3) is 0.0400. The molecule has 0 aliphatic carbocycles. The summed E-state index contributed by atoms with van der Waals surface area (Å²) in [6.45, 7) is 0. The zero-order chi connectivity index (χ0) is 23.8. The number of para-hydroxylation sites is 1. The van der Waals surface area contributed by atoms with E-state index >= 15 is 0 Å². The van der Waals surface area contributed by atoms with Crippen LogP contribution in [0.4, 0.5) is 11.7 Å². The lowest BCUT2D eigenvalue weighted by molar-refractivity contribution is -0.116. The Morgan fingerprint density at radius 3 is 2.74 bits per heavy atom. The number of benzodiazepines with no additional fused rings is 1. The number of aliphatic imine (C=N–C) groups is 1. The molecule has 10 nitrogen and oxygen atoms in total. The summed E-state index contributed by atoms with van der Waals surface area (Å²) in [7, 11) is 0. The van der Waals surface area contributed by atoms with E-state index in [0.29, 0.717) is 28.2 Å². The SMILES string of the molecule is N#Cc1ccn2cnc(-c3nnc(N[C@H]4N=C(c5ccccc5)c5ccccc5NC4=O)o3)c2c1. The van der Waals surface area contributed by atoms with Crippen molar-refractivity contribution in [1.29, 1.82) is 5.26 Å². The highest BCUT2D eigenvalue weighted by atomic mass is 16.4. The van der Waals surface area contributed by atoms with Gasteiger partial charge in [-0.3, -0.25) is 4.79 Å². The van der Waals surface area contributed by atoms with Gasteiger partial charge in [0.25, 0.3) is 11.8 Å². The molecule has 10 heteroatoms. The zero-order valence-electron chi connectivity index (χ0n) is 18.1. The van der Waals surface area contributed by atoms with Crippen molar-refractivity contribution < 1.29 is 9.21 Å². The van der Waals surface area contributed by atoms with E-state index in [4.69, 9.17) is 9.41 Å². The maximum atomic E-state index is 13.0. The summed E-state index contributed by atoms with van der Waals surface area (Å²) in [6, 6.07) is 22.6. The first-order valence-corrected chi connectivity index (χ1v) is 10.7. The van der Waals surface area contributed by atoms with Gasteiger partial charge in [0.05, 0.1) is 28.5 Å². The number of hydrogen-bond donors (Lipinski definition) is 2. The van der Waals surface area contributed by atoms with Crippen LogP contribution in [0.3, 0.4) is 0 Å². The Labute approximate surface area is 198 Å². The first-order chi connectivity index (χ1) is 17.2. The number of imidazole rings is 1. The molecule has 168 valence electrons. The number of aromatic nitrogens is 4. The minimum atomic E-state index is -1.02. The average molecular weight is 460 g/mol. The van der Waals surface area contributed by atoms with Gasteiger partial charge < -0.3 is 19.5 Å². The third-order valence-electron chi connectivity index (χ3n) is 5.55. The van der Waals surface area contributed by atoms with E-state index in [0.717, 1.165) is 11.1 Å². The van der Waals surface area contributed by atoms with Crippen LogP contribution in [-0.4, -0.2) is 37.4 Å². The van der Waals surface area contributed by atoms with E-state index in [2.05, 4.69) is 31.9 Å². The monoisotopic (exact) mass is 460 g/mol. The highest BCUT2D eigenvalue weighted by Crippen LogP contribution is 2.27. The van der Waals surface area contributed by atoms with Crippen LogP contribution in [0.25, 0.3) is 17.1 Å². The van der Waals surface area contributed by atoms with Crippen molar-refractivity contribution in [3.8, 4) is 17.7 Å². The number of pyridine rings is 1. The molecule has 3 aromatic heterocycles. The second kappa shape index (κ2) is 8.24. The predicted molar refractivity (Wildman–Crippen MR) is 128 cm³/mol. The summed E-state index contributed by atoms with van der Waals surface area (Å²) < 4.78 is 7.53. The van der Waals surface area contributed by atoms with Crippen LogP contribution in [0.1, 0.15) is 16.7 Å². The largest absolute Gasteiger partial charge is 0.402 e. The van der Waals surface area contributed by atoms with Crippen molar-refractivity contribution in [2.45, 2.75) is 6.17 Å². The molecule has 0 spiro atoms. The van der Waals surface area contributed by atoms with Crippen LogP contribution < -0.4 is 10.6 Å². The zero-order valence-corrected chi connectivity index (χ0v) is 18.1. The molecule has 0 saturated heterocycles. The molecule has 35 heavy (non-hydrogen) atoms. The Balaban J connectivity index is 1.36. The first kappa shape index (κ1) is 20.3. The van der Waals surface area contributed by atoms with Gasteiger partial charge in [0, 0.05) is 17.3 Å². The van der Waals surface area contributed by atoms with E-state index in [9.17, 15) is 10.1 Å². The van der Waals surface area contributed by atoms with Crippen LogP contribution >= 0.6 is 0 Å². The normalized spacial score (nSPS) is 15.0. The molecule has 0 radical (unpaired) electrons. The summed E-state index contributed by atoms with van der Waals surface area (Å²) in [4.78, 5) is 22.1. The van der Waals surface area contributed by atoms with Crippen molar-refractivity contribution in [3.63, 3.8) is 0 Å². The second-order valence-corrected chi connectivity index (χ2v) is 7.75. The summed E-state index contributed by atoms with van der Waals surface area (Å²) in [6.07, 6.45) is 2.30. The van der Waals surface area contributed by atoms with Gasteiger partial charge in [-0.15, -0.1) is 5.10 Å². The molecular weight excluding hydrogens is 444 g/mol. The van der Waals surface area contributed by atoms with Crippen molar-refractivity contribution in [2.75, 3.05) is 10.6 Å². The maximum absolute atomic E-state index is 13.0. The molecular formula is C25H16N8O2. The van der Waals surface area contributed by atoms with Crippen LogP contribution in [0.2, 0.25) is 0 Å². The molecule has 4 heterocycles. The molecule has 5 aromatic rings. The van der Waals surface area contributed by atoms with E-state index < -0.39 is 6.17 Å². The van der Waals surface area contributed by atoms with Crippen LogP contribution in [0, 0.1) is 11.3 Å². The summed E-state index contributed by atoms with van der Waals surface area (Å²) >= 11 is 0. The fourth-order valence-corrected chi connectivity index (χ4v) is 3.90. The Kier molecular flexibility index (Phi) is 4.78. The molecule has 1 amide bonds. The molecule has 0 unspecified atom stereocenters. The number of hydrogen-bond acceptors (Lipinski definition) is 8. The smallest absolute Gasteiger partial charge is 0.317 e. The van der Waals surface area contributed by atoms with Gasteiger partial charge in [0.15, 0.2) is 5.69 Å². The highest BCUT2D eigenvalue weighted by Gasteiger charge is 2.27.